The minimum absolute atomic E-state index is 0.103. The van der Waals surface area contributed by atoms with E-state index in [4.69, 9.17) is 0 Å². The van der Waals surface area contributed by atoms with Crippen molar-refractivity contribution in [1.82, 2.24) is 9.80 Å². The van der Waals surface area contributed by atoms with E-state index in [-0.39, 0.29) is 6.04 Å². The van der Waals surface area contributed by atoms with Gasteiger partial charge in [0.2, 0.25) is 0 Å². The first-order valence-electron chi connectivity index (χ1n) is 7.77. The van der Waals surface area contributed by atoms with Gasteiger partial charge in [0.15, 0.2) is 5.78 Å². The average molecular weight is 280 g/mol. The summed E-state index contributed by atoms with van der Waals surface area (Å²) in [5.74, 6) is 0.371. The third-order valence-corrected chi connectivity index (χ3v) is 4.90. The SMILES string of the molecule is O=C(Cc1cccc2ccccc12)C1CN2CCN1CC2. The number of Topliss-reactive ketones (excluding diaryl/α,β-unsaturated/α-hetero) is 1. The Labute approximate surface area is 125 Å². The van der Waals surface area contributed by atoms with Crippen LogP contribution in [0.1, 0.15) is 5.56 Å². The smallest absolute Gasteiger partial charge is 0.155 e. The first-order chi connectivity index (χ1) is 10.3. The molecule has 3 aliphatic heterocycles. The molecular formula is C18H20N2O. The van der Waals surface area contributed by atoms with E-state index >= 15 is 0 Å². The van der Waals surface area contributed by atoms with E-state index in [2.05, 4.69) is 40.1 Å². The lowest BCUT2D eigenvalue weighted by molar-refractivity contribution is -0.128. The molecule has 3 heterocycles. The molecule has 1 unspecified atom stereocenters. The van der Waals surface area contributed by atoms with Crippen molar-refractivity contribution in [2.45, 2.75) is 12.5 Å². The zero-order chi connectivity index (χ0) is 14.2. The Balaban J connectivity index is 1.58. The van der Waals surface area contributed by atoms with Gasteiger partial charge < -0.3 is 0 Å². The van der Waals surface area contributed by atoms with Crippen LogP contribution in [-0.4, -0.2) is 54.3 Å². The maximum absolute atomic E-state index is 12.7. The van der Waals surface area contributed by atoms with E-state index in [9.17, 15) is 4.79 Å². The topological polar surface area (TPSA) is 23.6 Å². The van der Waals surface area contributed by atoms with Crippen molar-refractivity contribution in [3.63, 3.8) is 0 Å². The van der Waals surface area contributed by atoms with Crippen molar-refractivity contribution in [1.29, 1.82) is 0 Å². The molecule has 0 N–H and O–H groups in total. The summed E-state index contributed by atoms with van der Waals surface area (Å²) in [7, 11) is 0. The number of benzene rings is 2. The van der Waals surface area contributed by atoms with Crippen LogP contribution >= 0.6 is 0 Å². The second kappa shape index (κ2) is 5.24. The van der Waals surface area contributed by atoms with Crippen molar-refractivity contribution < 1.29 is 4.79 Å². The Bertz CT molecular complexity index is 668. The number of ketones is 1. The lowest BCUT2D eigenvalue weighted by atomic mass is 9.95. The molecule has 0 saturated carbocycles. The Kier molecular flexibility index (Phi) is 3.24. The van der Waals surface area contributed by atoms with Crippen LogP contribution in [0.4, 0.5) is 0 Å². The summed E-state index contributed by atoms with van der Waals surface area (Å²) >= 11 is 0. The van der Waals surface area contributed by atoms with Gasteiger partial charge in [-0.3, -0.25) is 14.6 Å². The second-order valence-electron chi connectivity index (χ2n) is 6.13. The van der Waals surface area contributed by atoms with Crippen LogP contribution in [0.2, 0.25) is 0 Å². The molecule has 0 spiro atoms. The number of hydrogen-bond acceptors (Lipinski definition) is 3. The van der Waals surface area contributed by atoms with Crippen molar-refractivity contribution in [3.05, 3.63) is 48.0 Å². The predicted octanol–water partition coefficient (Wildman–Crippen LogP) is 1.95. The highest BCUT2D eigenvalue weighted by atomic mass is 16.1. The van der Waals surface area contributed by atoms with Crippen LogP contribution in [0.15, 0.2) is 42.5 Å². The molecule has 0 aliphatic carbocycles. The quantitative estimate of drug-likeness (QED) is 0.858. The van der Waals surface area contributed by atoms with Gasteiger partial charge in [-0.15, -0.1) is 0 Å². The minimum atomic E-state index is 0.103. The van der Waals surface area contributed by atoms with Gasteiger partial charge in [-0.2, -0.15) is 0 Å². The predicted molar refractivity (Wildman–Crippen MR) is 84.5 cm³/mol. The highest BCUT2D eigenvalue weighted by Crippen LogP contribution is 2.22. The van der Waals surface area contributed by atoms with Gasteiger partial charge in [-0.1, -0.05) is 42.5 Å². The lowest BCUT2D eigenvalue weighted by Gasteiger charge is -2.46. The lowest BCUT2D eigenvalue weighted by Crippen LogP contribution is -2.63. The number of fused-ring (bicyclic) bond motifs is 4. The highest BCUT2D eigenvalue weighted by molar-refractivity contribution is 5.93. The average Bonchev–Trinajstić information content (AvgIpc) is 2.56. The molecule has 2 aromatic rings. The van der Waals surface area contributed by atoms with Gasteiger partial charge in [0.25, 0.3) is 0 Å². The molecule has 0 radical (unpaired) electrons. The van der Waals surface area contributed by atoms with Gasteiger partial charge in [-0.25, -0.2) is 0 Å². The van der Waals surface area contributed by atoms with Gasteiger partial charge in [-0.05, 0) is 16.3 Å². The normalized spacial score (nSPS) is 27.9. The third-order valence-electron chi connectivity index (χ3n) is 4.90. The Morgan fingerprint density at radius 3 is 2.52 bits per heavy atom. The van der Waals surface area contributed by atoms with E-state index in [1.165, 1.54) is 10.8 Å². The number of nitrogens with zero attached hydrogens (tertiary/aromatic N) is 2. The van der Waals surface area contributed by atoms with Crippen molar-refractivity contribution in [2.24, 2.45) is 0 Å². The van der Waals surface area contributed by atoms with Crippen molar-refractivity contribution in [3.8, 4) is 0 Å². The zero-order valence-electron chi connectivity index (χ0n) is 12.2. The molecule has 2 bridgehead atoms. The molecule has 2 aromatic carbocycles. The van der Waals surface area contributed by atoms with Crippen molar-refractivity contribution in [2.75, 3.05) is 32.7 Å². The first kappa shape index (κ1) is 13.0. The molecule has 3 fully saturated rings. The molecule has 0 aromatic heterocycles. The van der Waals surface area contributed by atoms with E-state index in [0.717, 1.165) is 38.3 Å². The van der Waals surface area contributed by atoms with Gasteiger partial charge in [0, 0.05) is 39.1 Å². The van der Waals surface area contributed by atoms with Crippen LogP contribution in [0, 0.1) is 0 Å². The van der Waals surface area contributed by atoms with Crippen LogP contribution in [0.5, 0.6) is 0 Å². The fourth-order valence-corrected chi connectivity index (χ4v) is 3.68. The molecule has 3 nitrogen and oxygen atoms in total. The second-order valence-corrected chi connectivity index (χ2v) is 6.13. The maximum atomic E-state index is 12.7. The van der Waals surface area contributed by atoms with Gasteiger partial charge in [0.1, 0.15) is 0 Å². The highest BCUT2D eigenvalue weighted by Gasteiger charge is 2.35. The van der Waals surface area contributed by atoms with E-state index in [1.54, 1.807) is 0 Å². The molecule has 0 amide bonds. The molecule has 3 aliphatic rings. The molecule has 3 saturated heterocycles. The van der Waals surface area contributed by atoms with Crippen LogP contribution < -0.4 is 0 Å². The number of hydrogen-bond donors (Lipinski definition) is 0. The summed E-state index contributed by atoms with van der Waals surface area (Å²) in [4.78, 5) is 17.5. The van der Waals surface area contributed by atoms with Crippen LogP contribution in [0.3, 0.4) is 0 Å². The molecule has 108 valence electrons. The van der Waals surface area contributed by atoms with Gasteiger partial charge in [0.05, 0.1) is 6.04 Å². The number of carbonyl (C=O) groups is 1. The first-order valence-corrected chi connectivity index (χ1v) is 7.77. The van der Waals surface area contributed by atoms with Crippen LogP contribution in [0.25, 0.3) is 10.8 Å². The Morgan fingerprint density at radius 1 is 1.00 bits per heavy atom. The maximum Gasteiger partial charge on any atom is 0.155 e. The van der Waals surface area contributed by atoms with E-state index in [0.29, 0.717) is 12.2 Å². The van der Waals surface area contributed by atoms with Gasteiger partial charge >= 0.3 is 0 Å². The summed E-state index contributed by atoms with van der Waals surface area (Å²) in [6, 6.07) is 14.7. The van der Waals surface area contributed by atoms with Crippen LogP contribution in [-0.2, 0) is 11.2 Å². The fourth-order valence-electron chi connectivity index (χ4n) is 3.68. The molecule has 5 rings (SSSR count). The van der Waals surface area contributed by atoms with E-state index < -0.39 is 0 Å². The van der Waals surface area contributed by atoms with E-state index in [1.807, 2.05) is 12.1 Å². The molecule has 21 heavy (non-hydrogen) atoms. The molecule has 1 atom stereocenters. The summed E-state index contributed by atoms with van der Waals surface area (Å²) in [5, 5.41) is 2.43. The monoisotopic (exact) mass is 280 g/mol. The zero-order valence-corrected chi connectivity index (χ0v) is 12.2. The number of carbonyl (C=O) groups excluding carboxylic acids is 1. The van der Waals surface area contributed by atoms with Crippen molar-refractivity contribution >= 4 is 16.6 Å². The molecular weight excluding hydrogens is 260 g/mol. The Hall–Kier alpha value is -1.71. The Morgan fingerprint density at radius 2 is 1.76 bits per heavy atom. The standard InChI is InChI=1S/C18H20N2O/c21-18(17-13-19-8-10-20(17)11-9-19)12-15-6-3-5-14-4-1-2-7-16(14)15/h1-7,17H,8-13H2. The summed E-state index contributed by atoms with van der Waals surface area (Å²) in [6.07, 6.45) is 0.552. The fraction of sp³-hybridized carbons (Fsp3) is 0.389. The largest absolute Gasteiger partial charge is 0.299 e. The summed E-state index contributed by atoms with van der Waals surface area (Å²) in [6.45, 7) is 5.26. The number of piperazine rings is 3. The third kappa shape index (κ3) is 2.37. The summed E-state index contributed by atoms with van der Waals surface area (Å²) < 4.78 is 0. The minimum Gasteiger partial charge on any atom is -0.299 e. The molecule has 3 heteroatoms. The number of rotatable bonds is 3. The summed E-state index contributed by atoms with van der Waals surface area (Å²) in [5.41, 5.74) is 1.16.